The summed E-state index contributed by atoms with van der Waals surface area (Å²) in [5, 5.41) is 5.84. The van der Waals surface area contributed by atoms with Gasteiger partial charge in [0.15, 0.2) is 11.5 Å². The molecule has 0 saturated carbocycles. The van der Waals surface area contributed by atoms with Crippen LogP contribution in [0.5, 0.6) is 11.5 Å². The number of nitrogens with one attached hydrogen (secondary N) is 2. The number of carbonyl (C=O) groups is 2. The Kier molecular flexibility index (Phi) is 6.13. The van der Waals surface area contributed by atoms with Crippen LogP contribution in [0, 0.1) is 0 Å². The third-order valence-corrected chi connectivity index (χ3v) is 4.05. The Morgan fingerprint density at radius 2 is 1.96 bits per heavy atom. The van der Waals surface area contributed by atoms with Crippen molar-refractivity contribution in [2.45, 2.75) is 32.5 Å². The highest BCUT2D eigenvalue weighted by Crippen LogP contribution is 2.35. The summed E-state index contributed by atoms with van der Waals surface area (Å²) in [6, 6.07) is 5.40. The lowest BCUT2D eigenvalue weighted by molar-refractivity contribution is 0.0528. The molecule has 0 spiro atoms. The van der Waals surface area contributed by atoms with Crippen molar-refractivity contribution in [2.75, 3.05) is 44.3 Å². The molecule has 1 aromatic rings. The molecule has 2 amide bonds. The Balaban J connectivity index is 1.41. The van der Waals surface area contributed by atoms with Crippen molar-refractivity contribution in [1.29, 1.82) is 0 Å². The van der Waals surface area contributed by atoms with Crippen molar-refractivity contribution in [2.24, 2.45) is 0 Å². The van der Waals surface area contributed by atoms with E-state index in [2.05, 4.69) is 10.6 Å². The molecule has 2 aliphatic heterocycles. The molecule has 1 fully saturated rings. The number of hydrogen-bond acceptors (Lipinski definition) is 7. The van der Waals surface area contributed by atoms with Gasteiger partial charge in [-0.25, -0.2) is 9.59 Å². The number of ether oxygens (including phenoxy) is 4. The molecule has 28 heavy (non-hydrogen) atoms. The lowest BCUT2D eigenvalue weighted by atomic mass is 10.2. The third kappa shape index (κ3) is 5.41. The summed E-state index contributed by atoms with van der Waals surface area (Å²) >= 11 is 0. The molecule has 3 rings (SSSR count). The quantitative estimate of drug-likeness (QED) is 0.712. The highest BCUT2D eigenvalue weighted by atomic mass is 16.6. The molecule has 154 valence electrons. The number of hydrogen-bond donors (Lipinski definition) is 2. The van der Waals surface area contributed by atoms with E-state index in [1.54, 1.807) is 17.0 Å². The first-order chi connectivity index (χ1) is 13.3. The number of benzene rings is 1. The van der Waals surface area contributed by atoms with Crippen LogP contribution in [0.15, 0.2) is 18.2 Å². The van der Waals surface area contributed by atoms with Gasteiger partial charge >= 0.3 is 12.2 Å². The molecule has 9 heteroatoms. The fourth-order valence-electron chi connectivity index (χ4n) is 2.87. The average Bonchev–Trinajstić information content (AvgIpc) is 3.00. The second kappa shape index (κ2) is 8.55. The maximum absolute atomic E-state index is 12.2. The first-order valence-corrected chi connectivity index (χ1v) is 9.37. The van der Waals surface area contributed by atoms with Crippen molar-refractivity contribution in [3.8, 4) is 11.5 Å². The van der Waals surface area contributed by atoms with E-state index in [-0.39, 0.29) is 6.10 Å². The van der Waals surface area contributed by atoms with Gasteiger partial charge in [0.05, 0.1) is 12.2 Å². The molecular formula is C19H27N3O6. The molecule has 2 aliphatic rings. The van der Waals surface area contributed by atoms with E-state index in [0.717, 1.165) is 0 Å². The van der Waals surface area contributed by atoms with Gasteiger partial charge in [-0.2, -0.15) is 0 Å². The van der Waals surface area contributed by atoms with Crippen LogP contribution in [0.3, 0.4) is 0 Å². The molecule has 0 aromatic heterocycles. The zero-order valence-electron chi connectivity index (χ0n) is 16.4. The van der Waals surface area contributed by atoms with Gasteiger partial charge < -0.3 is 29.6 Å². The number of carbonyl (C=O) groups excluding carboxylic acids is 2. The van der Waals surface area contributed by atoms with Gasteiger partial charge in [0.1, 0.15) is 24.9 Å². The number of amides is 2. The normalized spacial score (nSPS) is 18.6. The fraction of sp³-hybridized carbons (Fsp3) is 0.579. The molecule has 9 nitrogen and oxygen atoms in total. The van der Waals surface area contributed by atoms with Crippen LogP contribution < -0.4 is 25.0 Å². The van der Waals surface area contributed by atoms with Crippen LogP contribution in [0.4, 0.5) is 15.3 Å². The first kappa shape index (κ1) is 20.1. The van der Waals surface area contributed by atoms with E-state index in [0.29, 0.717) is 56.6 Å². The predicted octanol–water partition coefficient (Wildman–Crippen LogP) is 1.90. The highest BCUT2D eigenvalue weighted by molar-refractivity contribution is 5.90. The lowest BCUT2D eigenvalue weighted by Gasteiger charge is -2.21. The smallest absolute Gasteiger partial charge is 0.414 e. The number of alkyl carbamates (subject to hydrolysis) is 1. The maximum atomic E-state index is 12.2. The van der Waals surface area contributed by atoms with Crippen molar-refractivity contribution < 1.29 is 28.5 Å². The second-order valence-corrected chi connectivity index (χ2v) is 7.58. The standard InChI is InChI=1S/C19H27N3O6/c1-19(2,3)28-17(23)21-7-6-20-11-14-12-22(18(24)27-14)13-4-5-15-16(10-13)26-9-8-25-15/h4-5,10,14,20H,6-9,11-12H2,1-3H3,(H,21,23). The molecule has 2 N–H and O–H groups in total. The molecule has 2 heterocycles. The summed E-state index contributed by atoms with van der Waals surface area (Å²) in [4.78, 5) is 25.3. The Labute approximate surface area is 164 Å². The van der Waals surface area contributed by atoms with E-state index in [9.17, 15) is 9.59 Å². The topological polar surface area (TPSA) is 98.4 Å². The molecule has 0 radical (unpaired) electrons. The first-order valence-electron chi connectivity index (χ1n) is 9.37. The van der Waals surface area contributed by atoms with Gasteiger partial charge in [0, 0.05) is 25.7 Å². The monoisotopic (exact) mass is 393 g/mol. The number of cyclic esters (lactones) is 1. The third-order valence-electron chi connectivity index (χ3n) is 4.05. The van der Waals surface area contributed by atoms with E-state index in [1.165, 1.54) is 0 Å². The predicted molar refractivity (Wildman–Crippen MR) is 102 cm³/mol. The van der Waals surface area contributed by atoms with Gasteiger partial charge in [-0.05, 0) is 32.9 Å². The molecule has 1 atom stereocenters. The van der Waals surface area contributed by atoms with Crippen molar-refractivity contribution in [1.82, 2.24) is 10.6 Å². The summed E-state index contributed by atoms with van der Waals surface area (Å²) in [6.07, 6.45) is -1.12. The number of fused-ring (bicyclic) bond motifs is 1. The fourth-order valence-corrected chi connectivity index (χ4v) is 2.87. The minimum absolute atomic E-state index is 0.276. The molecule has 0 bridgehead atoms. The Morgan fingerprint density at radius 3 is 2.71 bits per heavy atom. The van der Waals surface area contributed by atoms with E-state index in [4.69, 9.17) is 18.9 Å². The highest BCUT2D eigenvalue weighted by Gasteiger charge is 2.32. The Hall–Kier alpha value is -2.68. The van der Waals surface area contributed by atoms with E-state index in [1.807, 2.05) is 26.8 Å². The van der Waals surface area contributed by atoms with Crippen LogP contribution in [-0.2, 0) is 9.47 Å². The molecule has 1 unspecified atom stereocenters. The van der Waals surface area contributed by atoms with E-state index < -0.39 is 17.8 Å². The Bertz CT molecular complexity index is 718. The molecule has 0 aliphatic carbocycles. The summed E-state index contributed by atoms with van der Waals surface area (Å²) < 4.78 is 21.6. The summed E-state index contributed by atoms with van der Waals surface area (Å²) in [5.74, 6) is 1.31. The van der Waals surface area contributed by atoms with Crippen LogP contribution in [0.1, 0.15) is 20.8 Å². The average molecular weight is 393 g/mol. The summed E-state index contributed by atoms with van der Waals surface area (Å²) in [6.45, 7) is 8.33. The zero-order valence-corrected chi connectivity index (χ0v) is 16.4. The lowest BCUT2D eigenvalue weighted by Crippen LogP contribution is -2.38. The number of nitrogens with zero attached hydrogens (tertiary/aromatic N) is 1. The number of rotatable bonds is 6. The van der Waals surface area contributed by atoms with Gasteiger partial charge in [0.25, 0.3) is 0 Å². The van der Waals surface area contributed by atoms with Crippen LogP contribution in [-0.4, -0.2) is 63.3 Å². The van der Waals surface area contributed by atoms with Gasteiger partial charge in [0.2, 0.25) is 0 Å². The Morgan fingerprint density at radius 1 is 1.21 bits per heavy atom. The summed E-state index contributed by atoms with van der Waals surface area (Å²) in [5.41, 5.74) is 0.190. The minimum atomic E-state index is -0.521. The zero-order chi connectivity index (χ0) is 20.1. The van der Waals surface area contributed by atoms with Gasteiger partial charge in [-0.1, -0.05) is 0 Å². The van der Waals surface area contributed by atoms with Gasteiger partial charge in [-0.15, -0.1) is 0 Å². The van der Waals surface area contributed by atoms with Gasteiger partial charge in [-0.3, -0.25) is 4.90 Å². The van der Waals surface area contributed by atoms with Crippen molar-refractivity contribution >= 4 is 17.9 Å². The van der Waals surface area contributed by atoms with Crippen molar-refractivity contribution in [3.05, 3.63) is 18.2 Å². The number of anilines is 1. The molecule has 1 aromatic carbocycles. The van der Waals surface area contributed by atoms with Crippen LogP contribution in [0.2, 0.25) is 0 Å². The van der Waals surface area contributed by atoms with Crippen LogP contribution in [0.25, 0.3) is 0 Å². The molecular weight excluding hydrogens is 366 g/mol. The minimum Gasteiger partial charge on any atom is -0.486 e. The van der Waals surface area contributed by atoms with Crippen LogP contribution >= 0.6 is 0 Å². The maximum Gasteiger partial charge on any atom is 0.414 e. The molecule has 1 saturated heterocycles. The largest absolute Gasteiger partial charge is 0.486 e. The summed E-state index contributed by atoms with van der Waals surface area (Å²) in [7, 11) is 0. The second-order valence-electron chi connectivity index (χ2n) is 7.58. The SMILES string of the molecule is CC(C)(C)OC(=O)NCCNCC1CN(c2ccc3c(c2)OCCO3)C(=O)O1. The van der Waals surface area contributed by atoms with E-state index >= 15 is 0 Å². The van der Waals surface area contributed by atoms with Crippen molar-refractivity contribution in [3.63, 3.8) is 0 Å².